The number of aliphatic hydroxyl groups excluding tert-OH is 1. The zero-order valence-corrected chi connectivity index (χ0v) is 17.8. The summed E-state index contributed by atoms with van der Waals surface area (Å²) in [7, 11) is -4.04. The first-order valence-corrected chi connectivity index (χ1v) is 11.5. The Hall–Kier alpha value is -2.70. The normalized spacial score (nSPS) is 15.3. The minimum absolute atomic E-state index is 0.0446. The second kappa shape index (κ2) is 9.43. The van der Waals surface area contributed by atoms with Gasteiger partial charge in [-0.15, -0.1) is 0 Å². The van der Waals surface area contributed by atoms with Gasteiger partial charge in [0.2, 0.25) is 10.0 Å². The number of benzene rings is 1. The Bertz CT molecular complexity index is 1100. The largest absolute Gasteiger partial charge is 0.418 e. The molecule has 0 aliphatic carbocycles. The highest BCUT2D eigenvalue weighted by Crippen LogP contribution is 2.35. The Labute approximate surface area is 183 Å². The van der Waals surface area contributed by atoms with Crippen molar-refractivity contribution in [2.75, 3.05) is 23.3 Å². The molecule has 0 spiro atoms. The number of anilines is 2. The van der Waals surface area contributed by atoms with Crippen LogP contribution in [0.2, 0.25) is 0 Å². The first-order valence-electron chi connectivity index (χ1n) is 9.92. The zero-order chi connectivity index (χ0) is 23.5. The molecule has 1 amide bonds. The fraction of sp³-hybridized carbons (Fsp3) is 0.400. The number of carbonyl (C=O) groups excluding carboxylic acids is 1. The van der Waals surface area contributed by atoms with Crippen LogP contribution in [0.4, 0.5) is 24.7 Å². The van der Waals surface area contributed by atoms with Crippen LogP contribution in [0.25, 0.3) is 0 Å². The van der Waals surface area contributed by atoms with E-state index < -0.39 is 40.0 Å². The maximum Gasteiger partial charge on any atom is 0.418 e. The molecule has 0 radical (unpaired) electrons. The average molecular weight is 472 g/mol. The summed E-state index contributed by atoms with van der Waals surface area (Å²) in [6, 6.07) is 5.75. The van der Waals surface area contributed by atoms with Gasteiger partial charge < -0.3 is 15.3 Å². The van der Waals surface area contributed by atoms with Gasteiger partial charge in [-0.2, -0.15) is 13.2 Å². The Morgan fingerprint density at radius 2 is 1.81 bits per heavy atom. The number of nitrogens with two attached hydrogens (primary N) is 1. The van der Waals surface area contributed by atoms with Crippen molar-refractivity contribution in [1.29, 1.82) is 0 Å². The molecule has 1 aliphatic heterocycles. The average Bonchev–Trinajstić information content (AvgIpc) is 3.01. The lowest BCUT2D eigenvalue weighted by Crippen LogP contribution is -2.30. The molecule has 0 saturated carbocycles. The van der Waals surface area contributed by atoms with Gasteiger partial charge in [0.1, 0.15) is 5.82 Å². The van der Waals surface area contributed by atoms with Gasteiger partial charge in [-0.3, -0.25) is 4.79 Å². The number of nitrogens with one attached hydrogen (secondary N) is 1. The van der Waals surface area contributed by atoms with Crippen molar-refractivity contribution in [3.63, 3.8) is 0 Å². The van der Waals surface area contributed by atoms with Crippen LogP contribution in [-0.4, -0.2) is 37.5 Å². The molecule has 3 rings (SSSR count). The van der Waals surface area contributed by atoms with Gasteiger partial charge in [-0.1, -0.05) is 18.9 Å². The lowest BCUT2D eigenvalue weighted by molar-refractivity contribution is -0.139. The van der Waals surface area contributed by atoms with E-state index in [4.69, 9.17) is 5.14 Å². The van der Waals surface area contributed by atoms with Crippen LogP contribution in [-0.2, 0) is 22.8 Å². The number of pyridine rings is 1. The highest BCUT2D eigenvalue weighted by Gasteiger charge is 2.36. The zero-order valence-electron chi connectivity index (χ0n) is 17.0. The van der Waals surface area contributed by atoms with Gasteiger partial charge in [-0.25, -0.2) is 18.5 Å². The van der Waals surface area contributed by atoms with Crippen LogP contribution < -0.4 is 15.4 Å². The quantitative estimate of drug-likeness (QED) is 0.615. The molecule has 8 nitrogen and oxygen atoms in total. The molecule has 0 bridgehead atoms. The number of hydrogen-bond donors (Lipinski definition) is 3. The third-order valence-electron chi connectivity index (χ3n) is 5.11. The smallest absolute Gasteiger partial charge is 0.390 e. The van der Waals surface area contributed by atoms with Gasteiger partial charge in [0.25, 0.3) is 5.91 Å². The molecule has 0 unspecified atom stereocenters. The Morgan fingerprint density at radius 1 is 1.16 bits per heavy atom. The number of aliphatic hydroxyl groups is 1. The van der Waals surface area contributed by atoms with Crippen LogP contribution in [0.15, 0.2) is 35.2 Å². The number of rotatable bonds is 5. The maximum atomic E-state index is 13.6. The summed E-state index contributed by atoms with van der Waals surface area (Å²) in [6.45, 7) is 0.0722. The van der Waals surface area contributed by atoms with Crippen molar-refractivity contribution in [1.82, 2.24) is 4.98 Å². The van der Waals surface area contributed by atoms with Crippen LogP contribution in [0, 0.1) is 0 Å². The number of carbonyl (C=O) groups is 1. The molecule has 12 heteroatoms. The summed E-state index contributed by atoms with van der Waals surface area (Å²) < 4.78 is 63.8. The second-order valence-corrected chi connectivity index (χ2v) is 9.00. The summed E-state index contributed by atoms with van der Waals surface area (Å²) in [5.41, 5.74) is -2.05. The van der Waals surface area contributed by atoms with E-state index in [1.807, 2.05) is 0 Å². The molecular weight excluding hydrogens is 449 g/mol. The molecule has 4 N–H and O–H groups in total. The van der Waals surface area contributed by atoms with E-state index in [9.17, 15) is 31.5 Å². The molecule has 2 aromatic rings. The van der Waals surface area contributed by atoms with Crippen molar-refractivity contribution >= 4 is 27.4 Å². The van der Waals surface area contributed by atoms with Gasteiger partial charge >= 0.3 is 6.18 Å². The van der Waals surface area contributed by atoms with E-state index in [0.29, 0.717) is 19.2 Å². The van der Waals surface area contributed by atoms with E-state index in [-0.39, 0.29) is 22.0 Å². The van der Waals surface area contributed by atoms with Crippen molar-refractivity contribution in [3.05, 3.63) is 47.2 Å². The predicted octanol–water partition coefficient (Wildman–Crippen LogP) is 2.87. The molecular formula is C20H23F3N4O4S. The third-order valence-corrected chi connectivity index (χ3v) is 6.02. The van der Waals surface area contributed by atoms with E-state index in [1.165, 1.54) is 18.2 Å². The topological polar surface area (TPSA) is 126 Å². The monoisotopic (exact) mass is 472 g/mol. The van der Waals surface area contributed by atoms with E-state index in [1.54, 1.807) is 4.90 Å². The molecule has 2 heterocycles. The first-order chi connectivity index (χ1) is 15.0. The maximum absolute atomic E-state index is 13.6. The number of aromatic nitrogens is 1. The standard InChI is InChI=1S/C20H23F3N4O4S/c21-20(22,23)16-11-15(18(26-17(16)12-28)27-8-3-1-2-4-9-27)19(29)25-13-6-5-7-14(10-13)32(24,30)31/h5-7,10-11,28H,1-4,8-9,12H2,(H,25,29)(H2,24,30,31). The summed E-state index contributed by atoms with van der Waals surface area (Å²) in [6.07, 6.45) is -1.36. The molecule has 1 saturated heterocycles. The molecule has 1 aromatic heterocycles. The fourth-order valence-corrected chi connectivity index (χ4v) is 4.11. The lowest BCUT2D eigenvalue weighted by atomic mass is 10.1. The van der Waals surface area contributed by atoms with Gasteiger partial charge in [-0.05, 0) is 37.1 Å². The number of alkyl halides is 3. The Kier molecular flexibility index (Phi) is 7.06. The van der Waals surface area contributed by atoms with Crippen molar-refractivity contribution in [2.45, 2.75) is 43.4 Å². The van der Waals surface area contributed by atoms with Crippen LogP contribution in [0.1, 0.15) is 47.3 Å². The SMILES string of the molecule is NS(=O)(=O)c1cccc(NC(=O)c2cc(C(F)(F)F)c(CO)nc2N2CCCCCC2)c1. The van der Waals surface area contributed by atoms with Gasteiger partial charge in [0.05, 0.1) is 28.3 Å². The van der Waals surface area contributed by atoms with Crippen LogP contribution in [0.5, 0.6) is 0 Å². The lowest BCUT2D eigenvalue weighted by Gasteiger charge is -2.26. The van der Waals surface area contributed by atoms with E-state index in [0.717, 1.165) is 31.7 Å². The van der Waals surface area contributed by atoms with Gasteiger partial charge in [0, 0.05) is 18.8 Å². The number of sulfonamides is 1. The molecule has 1 fully saturated rings. The number of primary sulfonamides is 1. The fourth-order valence-electron chi connectivity index (χ4n) is 3.55. The summed E-state index contributed by atoms with van der Waals surface area (Å²) >= 11 is 0. The molecule has 0 atom stereocenters. The summed E-state index contributed by atoms with van der Waals surface area (Å²) in [4.78, 5) is 18.5. The first kappa shape index (κ1) is 24.0. The number of hydrogen-bond acceptors (Lipinski definition) is 6. The van der Waals surface area contributed by atoms with Crippen molar-refractivity contribution < 1.29 is 31.5 Å². The van der Waals surface area contributed by atoms with Crippen molar-refractivity contribution in [2.24, 2.45) is 5.14 Å². The van der Waals surface area contributed by atoms with E-state index in [2.05, 4.69) is 10.3 Å². The Balaban J connectivity index is 2.06. The molecule has 1 aliphatic rings. The second-order valence-electron chi connectivity index (χ2n) is 7.44. The highest BCUT2D eigenvalue weighted by atomic mass is 32.2. The summed E-state index contributed by atoms with van der Waals surface area (Å²) in [5, 5.41) is 17.0. The Morgan fingerprint density at radius 3 is 2.38 bits per heavy atom. The predicted molar refractivity (Wildman–Crippen MR) is 112 cm³/mol. The number of halogens is 3. The minimum atomic E-state index is -4.83. The van der Waals surface area contributed by atoms with Crippen LogP contribution in [0.3, 0.4) is 0 Å². The van der Waals surface area contributed by atoms with Crippen molar-refractivity contribution in [3.8, 4) is 0 Å². The summed E-state index contributed by atoms with van der Waals surface area (Å²) in [5.74, 6) is -0.845. The van der Waals surface area contributed by atoms with Gasteiger partial charge in [0.15, 0.2) is 0 Å². The molecule has 1 aromatic carbocycles. The highest BCUT2D eigenvalue weighted by molar-refractivity contribution is 7.89. The number of nitrogens with zero attached hydrogens (tertiary/aromatic N) is 2. The van der Waals surface area contributed by atoms with Crippen LogP contribution >= 0.6 is 0 Å². The van der Waals surface area contributed by atoms with E-state index >= 15 is 0 Å². The minimum Gasteiger partial charge on any atom is -0.390 e. The molecule has 32 heavy (non-hydrogen) atoms. The number of amides is 1. The third kappa shape index (κ3) is 5.56. The molecule has 174 valence electrons.